The van der Waals surface area contributed by atoms with Crippen LogP contribution in [0, 0.1) is 0 Å². The smallest absolute Gasteiger partial charge is 0.268 e. The molecule has 1 atom stereocenters. The highest BCUT2D eigenvalue weighted by Crippen LogP contribution is 2.15. The molecule has 4 nitrogen and oxygen atoms in total. The summed E-state index contributed by atoms with van der Waals surface area (Å²) in [6.45, 7) is 0. The van der Waals surface area contributed by atoms with Gasteiger partial charge in [0.15, 0.2) is 0 Å². The van der Waals surface area contributed by atoms with E-state index >= 15 is 0 Å². The lowest BCUT2D eigenvalue weighted by atomic mass is 10.3. The Bertz CT molecular complexity index is 169. The molecule has 5 heteroatoms. The van der Waals surface area contributed by atoms with E-state index in [-0.39, 0.29) is 6.42 Å². The average molecular weight is 194 g/mol. The molecular formula is C4H4BrNO3. The molecule has 1 aliphatic rings. The topological polar surface area (TPSA) is 57.6 Å². The number of hydrogen-bond donors (Lipinski definition) is 1. The molecule has 1 saturated heterocycles. The second-order valence-electron chi connectivity index (χ2n) is 1.73. The molecule has 2 amide bonds. The standard InChI is InChI=1S/C4H4BrNO3/c5-6-3(8)1-2(7)4(6)9/h2,7H,1H2. The normalized spacial score (nSPS) is 27.8. The molecule has 50 valence electrons. The molecule has 1 aliphatic heterocycles. The highest BCUT2D eigenvalue weighted by molar-refractivity contribution is 9.08. The summed E-state index contributed by atoms with van der Waals surface area (Å²) in [5, 5.41) is 8.70. The van der Waals surface area contributed by atoms with Gasteiger partial charge in [-0.1, -0.05) is 0 Å². The number of amides is 2. The maximum atomic E-state index is 10.5. The Balaban J connectivity index is 2.77. The summed E-state index contributed by atoms with van der Waals surface area (Å²) in [5.74, 6) is -0.979. The number of imide groups is 1. The number of halogens is 1. The van der Waals surface area contributed by atoms with Gasteiger partial charge in [-0.05, 0) is 0 Å². The van der Waals surface area contributed by atoms with E-state index in [9.17, 15) is 9.59 Å². The van der Waals surface area contributed by atoms with Gasteiger partial charge in [0.25, 0.3) is 5.91 Å². The van der Waals surface area contributed by atoms with Crippen molar-refractivity contribution in [3.63, 3.8) is 0 Å². The number of hydrogen-bond acceptors (Lipinski definition) is 3. The molecular weight excluding hydrogens is 190 g/mol. The van der Waals surface area contributed by atoms with Crippen molar-refractivity contribution in [2.45, 2.75) is 12.5 Å². The molecule has 9 heavy (non-hydrogen) atoms. The maximum absolute atomic E-state index is 10.5. The summed E-state index contributed by atoms with van der Waals surface area (Å²) in [6, 6.07) is 0. The number of carbonyl (C=O) groups excluding carboxylic acids is 2. The fraction of sp³-hybridized carbons (Fsp3) is 0.500. The van der Waals surface area contributed by atoms with Gasteiger partial charge in [0, 0.05) is 0 Å². The quantitative estimate of drug-likeness (QED) is 0.414. The third-order valence-electron chi connectivity index (χ3n) is 1.07. The lowest BCUT2D eigenvalue weighted by molar-refractivity contribution is -0.133. The molecule has 1 N–H and O–H groups in total. The number of rotatable bonds is 0. The number of aliphatic hydroxyl groups is 1. The molecule has 0 aromatic rings. The molecule has 0 saturated carbocycles. The van der Waals surface area contributed by atoms with E-state index in [0.29, 0.717) is 0 Å². The van der Waals surface area contributed by atoms with Crippen LogP contribution in [0.15, 0.2) is 0 Å². The van der Waals surface area contributed by atoms with Crippen molar-refractivity contribution in [2.24, 2.45) is 0 Å². The van der Waals surface area contributed by atoms with Gasteiger partial charge in [0.2, 0.25) is 5.91 Å². The van der Waals surface area contributed by atoms with E-state index in [1.165, 1.54) is 0 Å². The van der Waals surface area contributed by atoms with Crippen LogP contribution in [-0.2, 0) is 9.59 Å². The minimum absolute atomic E-state index is 0.107. The minimum Gasteiger partial charge on any atom is -0.383 e. The Morgan fingerprint density at radius 2 is 2.22 bits per heavy atom. The minimum atomic E-state index is -1.14. The first-order valence-electron chi connectivity index (χ1n) is 2.33. The molecule has 1 unspecified atom stereocenters. The van der Waals surface area contributed by atoms with Gasteiger partial charge < -0.3 is 5.11 Å². The average Bonchev–Trinajstić information content (AvgIpc) is 1.98. The number of nitrogens with zero attached hydrogens (tertiary/aromatic N) is 1. The Kier molecular flexibility index (Phi) is 1.54. The molecule has 0 radical (unpaired) electrons. The lowest BCUT2D eigenvalue weighted by Crippen LogP contribution is -2.22. The van der Waals surface area contributed by atoms with Crippen molar-refractivity contribution in [3.05, 3.63) is 0 Å². The molecule has 1 fully saturated rings. The van der Waals surface area contributed by atoms with Crippen LogP contribution in [0.5, 0.6) is 0 Å². The van der Waals surface area contributed by atoms with Crippen molar-refractivity contribution in [3.8, 4) is 0 Å². The van der Waals surface area contributed by atoms with Crippen LogP contribution in [0.2, 0.25) is 0 Å². The van der Waals surface area contributed by atoms with Crippen molar-refractivity contribution < 1.29 is 14.7 Å². The zero-order chi connectivity index (χ0) is 7.02. The van der Waals surface area contributed by atoms with Crippen molar-refractivity contribution in [2.75, 3.05) is 0 Å². The first kappa shape index (κ1) is 6.70. The van der Waals surface area contributed by atoms with Crippen LogP contribution in [0.3, 0.4) is 0 Å². The van der Waals surface area contributed by atoms with Crippen molar-refractivity contribution in [1.29, 1.82) is 0 Å². The monoisotopic (exact) mass is 193 g/mol. The van der Waals surface area contributed by atoms with E-state index in [0.717, 1.165) is 3.93 Å². The van der Waals surface area contributed by atoms with E-state index < -0.39 is 17.9 Å². The summed E-state index contributed by atoms with van der Waals surface area (Å²) in [6.07, 6.45) is -1.25. The Morgan fingerprint density at radius 1 is 1.67 bits per heavy atom. The van der Waals surface area contributed by atoms with Gasteiger partial charge in [-0.2, -0.15) is 0 Å². The van der Waals surface area contributed by atoms with E-state index in [1.807, 2.05) is 0 Å². The molecule has 0 spiro atoms. The number of carbonyl (C=O) groups is 2. The highest BCUT2D eigenvalue weighted by Gasteiger charge is 2.35. The van der Waals surface area contributed by atoms with Gasteiger partial charge in [-0.15, -0.1) is 0 Å². The van der Waals surface area contributed by atoms with Crippen molar-refractivity contribution in [1.82, 2.24) is 3.93 Å². The van der Waals surface area contributed by atoms with E-state index in [2.05, 4.69) is 16.1 Å². The van der Waals surface area contributed by atoms with E-state index in [4.69, 9.17) is 5.11 Å². The second kappa shape index (κ2) is 2.07. The fourth-order valence-electron chi connectivity index (χ4n) is 0.587. The van der Waals surface area contributed by atoms with Crippen LogP contribution < -0.4 is 0 Å². The Morgan fingerprint density at radius 3 is 2.33 bits per heavy atom. The van der Waals surface area contributed by atoms with E-state index in [1.54, 1.807) is 0 Å². The largest absolute Gasteiger partial charge is 0.383 e. The fourth-order valence-corrected chi connectivity index (χ4v) is 0.968. The summed E-state index contributed by atoms with van der Waals surface area (Å²) >= 11 is 2.68. The molecule has 0 aromatic heterocycles. The first-order chi connectivity index (χ1) is 4.13. The van der Waals surface area contributed by atoms with Crippen LogP contribution in [0.25, 0.3) is 0 Å². The molecule has 1 rings (SSSR count). The van der Waals surface area contributed by atoms with Gasteiger partial charge in [0.05, 0.1) is 22.6 Å². The Hall–Kier alpha value is -0.420. The first-order valence-corrected chi connectivity index (χ1v) is 3.04. The number of aliphatic hydroxyl groups excluding tert-OH is 1. The summed E-state index contributed by atoms with van der Waals surface area (Å²) < 4.78 is 0.748. The van der Waals surface area contributed by atoms with Crippen LogP contribution in [0.1, 0.15) is 6.42 Å². The van der Waals surface area contributed by atoms with Gasteiger partial charge in [-0.3, -0.25) is 9.59 Å². The molecule has 0 aliphatic carbocycles. The van der Waals surface area contributed by atoms with Gasteiger partial charge in [0.1, 0.15) is 6.10 Å². The highest BCUT2D eigenvalue weighted by atomic mass is 79.9. The summed E-state index contributed by atoms with van der Waals surface area (Å²) in [5.41, 5.74) is 0. The van der Waals surface area contributed by atoms with Crippen LogP contribution >= 0.6 is 16.1 Å². The molecule has 0 bridgehead atoms. The van der Waals surface area contributed by atoms with Gasteiger partial charge in [-0.25, -0.2) is 3.93 Å². The second-order valence-corrected chi connectivity index (χ2v) is 2.44. The Labute approximate surface area is 59.8 Å². The SMILES string of the molecule is O=C1CC(O)C(=O)N1Br. The summed E-state index contributed by atoms with van der Waals surface area (Å²) in [7, 11) is 0. The molecule has 1 heterocycles. The summed E-state index contributed by atoms with van der Waals surface area (Å²) in [4.78, 5) is 21.0. The predicted octanol–water partition coefficient (Wildman–Crippen LogP) is -0.584. The van der Waals surface area contributed by atoms with Crippen LogP contribution in [0.4, 0.5) is 0 Å². The van der Waals surface area contributed by atoms with Crippen molar-refractivity contribution >= 4 is 28.0 Å². The van der Waals surface area contributed by atoms with Gasteiger partial charge >= 0.3 is 0 Å². The van der Waals surface area contributed by atoms with Crippen LogP contribution in [-0.4, -0.2) is 27.0 Å². The molecule has 0 aromatic carbocycles. The zero-order valence-corrected chi connectivity index (χ0v) is 5.96. The third-order valence-corrected chi connectivity index (χ3v) is 1.81. The predicted molar refractivity (Wildman–Crippen MR) is 31.4 cm³/mol. The maximum Gasteiger partial charge on any atom is 0.268 e. The zero-order valence-electron chi connectivity index (χ0n) is 4.37. The lowest BCUT2D eigenvalue weighted by Gasteiger charge is -1.99. The third kappa shape index (κ3) is 0.972.